The maximum absolute atomic E-state index is 10.9. The number of aliphatic hydroxyl groups excluding tert-OH is 1. The summed E-state index contributed by atoms with van der Waals surface area (Å²) in [7, 11) is 0. The van der Waals surface area contributed by atoms with Gasteiger partial charge in [-0.3, -0.25) is 10.1 Å². The Morgan fingerprint density at radius 3 is 2.43 bits per heavy atom. The minimum Gasteiger partial charge on any atom is -0.395 e. The molecule has 7 heteroatoms. The number of nitro benzene ring substituents is 1. The van der Waals surface area contributed by atoms with Gasteiger partial charge in [-0.2, -0.15) is 5.11 Å². The number of rotatable bonds is 7. The van der Waals surface area contributed by atoms with Crippen molar-refractivity contribution in [2.45, 2.75) is 6.92 Å². The van der Waals surface area contributed by atoms with Crippen molar-refractivity contribution in [3.8, 4) is 0 Å². The third-order valence-corrected chi connectivity index (χ3v) is 3.32. The molecule has 2 aromatic carbocycles. The maximum Gasteiger partial charge on any atom is 0.296 e. The molecule has 2 rings (SSSR count). The van der Waals surface area contributed by atoms with E-state index in [1.54, 1.807) is 30.3 Å². The lowest BCUT2D eigenvalue weighted by atomic mass is 10.2. The van der Waals surface area contributed by atoms with Gasteiger partial charge < -0.3 is 10.0 Å². The topological polar surface area (TPSA) is 91.3 Å². The molecule has 120 valence electrons. The molecule has 0 aromatic heterocycles. The molecule has 0 aliphatic heterocycles. The third-order valence-electron chi connectivity index (χ3n) is 3.32. The number of hydrogen-bond acceptors (Lipinski definition) is 6. The summed E-state index contributed by atoms with van der Waals surface area (Å²) in [6.45, 7) is 3.45. The van der Waals surface area contributed by atoms with Gasteiger partial charge in [0.2, 0.25) is 0 Å². The van der Waals surface area contributed by atoms with E-state index in [-0.39, 0.29) is 18.0 Å². The van der Waals surface area contributed by atoms with E-state index in [9.17, 15) is 10.1 Å². The van der Waals surface area contributed by atoms with Crippen LogP contribution in [0.5, 0.6) is 0 Å². The quantitative estimate of drug-likeness (QED) is 0.477. The number of anilines is 1. The number of nitro groups is 1. The summed E-state index contributed by atoms with van der Waals surface area (Å²) in [5, 5.41) is 28.0. The smallest absolute Gasteiger partial charge is 0.296 e. The van der Waals surface area contributed by atoms with Crippen LogP contribution in [0.2, 0.25) is 0 Å². The van der Waals surface area contributed by atoms with Crippen LogP contribution in [0.1, 0.15) is 6.92 Å². The molecule has 0 spiro atoms. The monoisotopic (exact) mass is 314 g/mol. The lowest BCUT2D eigenvalue weighted by molar-refractivity contribution is -0.384. The number of nitrogens with zero attached hydrogens (tertiary/aromatic N) is 4. The van der Waals surface area contributed by atoms with Gasteiger partial charge in [-0.1, -0.05) is 12.1 Å². The highest BCUT2D eigenvalue weighted by molar-refractivity contribution is 5.57. The second kappa shape index (κ2) is 8.00. The van der Waals surface area contributed by atoms with Crippen LogP contribution in [-0.2, 0) is 0 Å². The number of hydrogen-bond donors (Lipinski definition) is 1. The third kappa shape index (κ3) is 4.33. The number of benzene rings is 2. The van der Waals surface area contributed by atoms with Crippen LogP contribution in [0.4, 0.5) is 22.7 Å². The van der Waals surface area contributed by atoms with E-state index in [1.165, 1.54) is 6.07 Å². The molecule has 0 aliphatic rings. The van der Waals surface area contributed by atoms with Gasteiger partial charge in [-0.15, -0.1) is 5.11 Å². The van der Waals surface area contributed by atoms with Crippen molar-refractivity contribution in [3.63, 3.8) is 0 Å². The molecular weight excluding hydrogens is 296 g/mol. The van der Waals surface area contributed by atoms with Gasteiger partial charge in [-0.25, -0.2) is 0 Å². The van der Waals surface area contributed by atoms with Crippen molar-refractivity contribution < 1.29 is 10.0 Å². The molecule has 0 fully saturated rings. The van der Waals surface area contributed by atoms with Crippen LogP contribution in [0, 0.1) is 10.1 Å². The molecule has 0 bridgehead atoms. The maximum atomic E-state index is 10.9. The predicted octanol–water partition coefficient (Wildman–Crippen LogP) is 3.83. The average molecular weight is 314 g/mol. The molecule has 7 nitrogen and oxygen atoms in total. The van der Waals surface area contributed by atoms with Gasteiger partial charge >= 0.3 is 0 Å². The Labute approximate surface area is 134 Å². The number of likely N-dealkylation sites (N-methyl/N-ethyl adjacent to an activating group) is 1. The van der Waals surface area contributed by atoms with Gasteiger partial charge in [0.1, 0.15) is 0 Å². The predicted molar refractivity (Wildman–Crippen MR) is 88.7 cm³/mol. The summed E-state index contributed by atoms with van der Waals surface area (Å²) in [6, 6.07) is 13.5. The first-order chi connectivity index (χ1) is 11.2. The zero-order valence-electron chi connectivity index (χ0n) is 12.8. The first kappa shape index (κ1) is 16.6. The van der Waals surface area contributed by atoms with Crippen molar-refractivity contribution in [2.24, 2.45) is 10.2 Å². The number of aliphatic hydroxyl groups is 1. The lowest BCUT2D eigenvalue weighted by Gasteiger charge is -2.21. The number of azo groups is 1. The Kier molecular flexibility index (Phi) is 5.76. The minimum atomic E-state index is -0.481. The highest BCUT2D eigenvalue weighted by Gasteiger charge is 2.11. The molecule has 1 N–H and O–H groups in total. The SMILES string of the molecule is CCN(CCO)c1ccc(N=Nc2ccccc2[N+](=O)[O-])cc1. The molecule has 0 saturated carbocycles. The molecule has 0 atom stereocenters. The van der Waals surface area contributed by atoms with Crippen molar-refractivity contribution in [1.82, 2.24) is 0 Å². The zero-order chi connectivity index (χ0) is 16.7. The minimum absolute atomic E-state index is 0.0759. The highest BCUT2D eigenvalue weighted by Crippen LogP contribution is 2.28. The summed E-state index contributed by atoms with van der Waals surface area (Å²) in [6.07, 6.45) is 0. The standard InChI is InChI=1S/C16H18N4O3/c1-2-19(11-12-21)14-9-7-13(8-10-14)17-18-15-5-3-4-6-16(15)20(22)23/h3-10,21H,2,11-12H2,1H3. The van der Waals surface area contributed by atoms with Crippen molar-refractivity contribution in [2.75, 3.05) is 24.6 Å². The molecule has 0 amide bonds. The van der Waals surface area contributed by atoms with Crippen LogP contribution in [0.25, 0.3) is 0 Å². The molecule has 0 saturated heterocycles. The van der Waals surface area contributed by atoms with Crippen LogP contribution in [0.15, 0.2) is 58.8 Å². The van der Waals surface area contributed by atoms with Gasteiger partial charge in [0.25, 0.3) is 5.69 Å². The molecule has 23 heavy (non-hydrogen) atoms. The zero-order valence-corrected chi connectivity index (χ0v) is 12.8. The van der Waals surface area contributed by atoms with Gasteiger partial charge in [-0.05, 0) is 37.3 Å². The molecule has 2 aromatic rings. The van der Waals surface area contributed by atoms with Crippen LogP contribution in [0.3, 0.4) is 0 Å². The first-order valence-electron chi connectivity index (χ1n) is 7.26. The largest absolute Gasteiger partial charge is 0.395 e. The molecule has 0 heterocycles. The second-order valence-corrected chi connectivity index (χ2v) is 4.77. The van der Waals surface area contributed by atoms with E-state index in [4.69, 9.17) is 5.11 Å². The second-order valence-electron chi connectivity index (χ2n) is 4.77. The highest BCUT2D eigenvalue weighted by atomic mass is 16.6. The Morgan fingerprint density at radius 1 is 1.13 bits per heavy atom. The molecule has 0 aliphatic carbocycles. The summed E-state index contributed by atoms with van der Waals surface area (Å²) in [5.74, 6) is 0. The van der Waals surface area contributed by atoms with Crippen molar-refractivity contribution >= 4 is 22.7 Å². The van der Waals surface area contributed by atoms with E-state index >= 15 is 0 Å². The number of para-hydroxylation sites is 1. The molecule has 0 radical (unpaired) electrons. The Hall–Kier alpha value is -2.80. The van der Waals surface area contributed by atoms with E-state index < -0.39 is 4.92 Å². The fourth-order valence-electron chi connectivity index (χ4n) is 2.14. The van der Waals surface area contributed by atoms with Crippen molar-refractivity contribution in [3.05, 3.63) is 58.6 Å². The van der Waals surface area contributed by atoms with E-state index in [0.717, 1.165) is 12.2 Å². The van der Waals surface area contributed by atoms with Gasteiger partial charge in [0, 0.05) is 24.8 Å². The normalized spacial score (nSPS) is 10.9. The fraction of sp³-hybridized carbons (Fsp3) is 0.250. The summed E-state index contributed by atoms with van der Waals surface area (Å²) >= 11 is 0. The van der Waals surface area contributed by atoms with Crippen LogP contribution in [-0.4, -0.2) is 29.7 Å². The molecular formula is C16H18N4O3. The van der Waals surface area contributed by atoms with Crippen LogP contribution < -0.4 is 4.90 Å². The molecule has 0 unspecified atom stereocenters. The summed E-state index contributed by atoms with van der Waals surface area (Å²) in [4.78, 5) is 12.5. The van der Waals surface area contributed by atoms with E-state index in [0.29, 0.717) is 12.2 Å². The average Bonchev–Trinajstić information content (AvgIpc) is 2.58. The first-order valence-corrected chi connectivity index (χ1v) is 7.26. The van der Waals surface area contributed by atoms with E-state index in [2.05, 4.69) is 10.2 Å². The van der Waals surface area contributed by atoms with Gasteiger partial charge in [0.05, 0.1) is 17.2 Å². The summed E-state index contributed by atoms with van der Waals surface area (Å²) < 4.78 is 0. The Bertz CT molecular complexity index is 686. The Balaban J connectivity index is 2.16. The van der Waals surface area contributed by atoms with Crippen LogP contribution >= 0.6 is 0 Å². The van der Waals surface area contributed by atoms with Crippen molar-refractivity contribution in [1.29, 1.82) is 0 Å². The fourth-order valence-corrected chi connectivity index (χ4v) is 2.14. The van der Waals surface area contributed by atoms with Gasteiger partial charge in [0.15, 0.2) is 5.69 Å². The van der Waals surface area contributed by atoms with E-state index in [1.807, 2.05) is 24.0 Å². The lowest BCUT2D eigenvalue weighted by Crippen LogP contribution is -2.25. The Morgan fingerprint density at radius 2 is 1.83 bits per heavy atom. The summed E-state index contributed by atoms with van der Waals surface area (Å²) in [5.41, 5.74) is 1.73.